The Morgan fingerprint density at radius 1 is 1.29 bits per heavy atom. The summed E-state index contributed by atoms with van der Waals surface area (Å²) in [5, 5.41) is 9.62. The van der Waals surface area contributed by atoms with Gasteiger partial charge >= 0.3 is 0 Å². The van der Waals surface area contributed by atoms with Gasteiger partial charge in [-0.1, -0.05) is 42.5 Å². The second-order valence-electron chi connectivity index (χ2n) is 6.30. The summed E-state index contributed by atoms with van der Waals surface area (Å²) in [7, 11) is 0. The maximum Gasteiger partial charge on any atom is 0.159 e. The lowest BCUT2D eigenvalue weighted by atomic mass is 9.71. The molecule has 2 aliphatic carbocycles. The first-order valence-electron chi connectivity index (χ1n) is 7.74. The zero-order chi connectivity index (χ0) is 14.8. The molecule has 0 saturated heterocycles. The van der Waals surface area contributed by atoms with Crippen LogP contribution in [0, 0.1) is 29.6 Å². The highest BCUT2D eigenvalue weighted by Gasteiger charge is 2.48. The van der Waals surface area contributed by atoms with Crippen molar-refractivity contribution in [2.24, 2.45) is 29.6 Å². The fourth-order valence-corrected chi connectivity index (χ4v) is 4.26. The SMILES string of the molecule is C=C[C@@H]1C[C@H](Cc2ccccc2)[C@H]2C(=O)C=C[C@H](CO)[C@H]21. The van der Waals surface area contributed by atoms with Crippen LogP contribution in [0.15, 0.2) is 55.1 Å². The Hall–Kier alpha value is -1.67. The van der Waals surface area contributed by atoms with Gasteiger partial charge in [-0.3, -0.25) is 4.79 Å². The van der Waals surface area contributed by atoms with Gasteiger partial charge in [-0.25, -0.2) is 0 Å². The van der Waals surface area contributed by atoms with Crippen molar-refractivity contribution in [1.29, 1.82) is 0 Å². The third-order valence-corrected chi connectivity index (χ3v) is 5.18. The normalized spacial score (nSPS) is 34.7. The van der Waals surface area contributed by atoms with Crippen LogP contribution in [-0.2, 0) is 11.2 Å². The quantitative estimate of drug-likeness (QED) is 0.862. The minimum absolute atomic E-state index is 0.0374. The second-order valence-corrected chi connectivity index (χ2v) is 6.30. The summed E-state index contributed by atoms with van der Waals surface area (Å²) in [6.45, 7) is 4.07. The van der Waals surface area contributed by atoms with E-state index < -0.39 is 0 Å². The molecule has 21 heavy (non-hydrogen) atoms. The number of aliphatic hydroxyl groups is 1. The number of carbonyl (C=O) groups is 1. The molecule has 110 valence electrons. The van der Waals surface area contributed by atoms with Crippen LogP contribution in [0.4, 0.5) is 0 Å². The van der Waals surface area contributed by atoms with E-state index in [9.17, 15) is 9.90 Å². The van der Waals surface area contributed by atoms with E-state index in [4.69, 9.17) is 0 Å². The smallest absolute Gasteiger partial charge is 0.159 e. The van der Waals surface area contributed by atoms with Crippen LogP contribution in [-0.4, -0.2) is 17.5 Å². The Labute approximate surface area is 126 Å². The monoisotopic (exact) mass is 282 g/mol. The van der Waals surface area contributed by atoms with Gasteiger partial charge < -0.3 is 5.11 Å². The molecule has 0 heterocycles. The summed E-state index contributed by atoms with van der Waals surface area (Å²) in [5.41, 5.74) is 1.29. The van der Waals surface area contributed by atoms with Gasteiger partial charge in [-0.15, -0.1) is 6.58 Å². The van der Waals surface area contributed by atoms with E-state index in [2.05, 4.69) is 18.7 Å². The van der Waals surface area contributed by atoms with Crippen molar-refractivity contribution in [2.45, 2.75) is 12.8 Å². The van der Waals surface area contributed by atoms with Crippen LogP contribution in [0.3, 0.4) is 0 Å². The minimum Gasteiger partial charge on any atom is -0.396 e. The summed E-state index contributed by atoms with van der Waals surface area (Å²) in [5.74, 6) is 1.27. The lowest BCUT2D eigenvalue weighted by Crippen LogP contribution is -2.35. The van der Waals surface area contributed by atoms with E-state index in [1.54, 1.807) is 6.08 Å². The molecule has 0 amide bonds. The topological polar surface area (TPSA) is 37.3 Å². The van der Waals surface area contributed by atoms with Crippen molar-refractivity contribution in [1.82, 2.24) is 0 Å². The number of carbonyl (C=O) groups excluding carboxylic acids is 1. The average Bonchev–Trinajstić information content (AvgIpc) is 2.88. The highest BCUT2D eigenvalue weighted by Crippen LogP contribution is 2.49. The van der Waals surface area contributed by atoms with Crippen molar-refractivity contribution in [2.75, 3.05) is 6.61 Å². The molecular weight excluding hydrogens is 260 g/mol. The molecule has 1 aromatic carbocycles. The molecule has 2 nitrogen and oxygen atoms in total. The molecule has 0 radical (unpaired) electrons. The number of hydrogen-bond donors (Lipinski definition) is 1. The summed E-state index contributed by atoms with van der Waals surface area (Å²) in [6.07, 6.45) is 7.50. The third kappa shape index (κ3) is 2.60. The van der Waals surface area contributed by atoms with Gasteiger partial charge in [0.05, 0.1) is 0 Å². The third-order valence-electron chi connectivity index (χ3n) is 5.18. The van der Waals surface area contributed by atoms with Gasteiger partial charge in [0.2, 0.25) is 0 Å². The molecule has 0 aromatic heterocycles. The predicted octanol–water partition coefficient (Wildman–Crippen LogP) is 3.03. The van der Waals surface area contributed by atoms with E-state index in [1.165, 1.54) is 5.56 Å². The standard InChI is InChI=1S/C19H22O2/c1-2-14-11-16(10-13-6-4-3-5-7-13)19-17(21)9-8-15(12-20)18(14)19/h2-9,14-16,18-20H,1,10-12H2/t14-,15-,16+,18-,19+/m1/s1. The van der Waals surface area contributed by atoms with Crippen molar-refractivity contribution in [3.63, 3.8) is 0 Å². The van der Waals surface area contributed by atoms with E-state index >= 15 is 0 Å². The van der Waals surface area contributed by atoms with Crippen LogP contribution >= 0.6 is 0 Å². The predicted molar refractivity (Wildman–Crippen MR) is 83.6 cm³/mol. The van der Waals surface area contributed by atoms with Crippen molar-refractivity contribution >= 4 is 5.78 Å². The van der Waals surface area contributed by atoms with Crippen LogP contribution < -0.4 is 0 Å². The van der Waals surface area contributed by atoms with Crippen molar-refractivity contribution in [3.05, 3.63) is 60.7 Å². The second kappa shape index (κ2) is 5.98. The van der Waals surface area contributed by atoms with E-state index in [0.717, 1.165) is 12.8 Å². The van der Waals surface area contributed by atoms with Crippen LogP contribution in [0.5, 0.6) is 0 Å². The zero-order valence-corrected chi connectivity index (χ0v) is 12.2. The number of allylic oxidation sites excluding steroid dienone is 2. The van der Waals surface area contributed by atoms with Gasteiger partial charge in [0.15, 0.2) is 5.78 Å². The highest BCUT2D eigenvalue weighted by atomic mass is 16.3. The Kier molecular flexibility index (Phi) is 4.07. The molecule has 0 spiro atoms. The number of hydrogen-bond acceptors (Lipinski definition) is 2. The van der Waals surface area contributed by atoms with Gasteiger partial charge in [-0.05, 0) is 42.2 Å². The molecule has 1 saturated carbocycles. The van der Waals surface area contributed by atoms with Crippen LogP contribution in [0.25, 0.3) is 0 Å². The molecule has 3 rings (SSSR count). The van der Waals surface area contributed by atoms with Crippen molar-refractivity contribution < 1.29 is 9.90 Å². The van der Waals surface area contributed by atoms with Gasteiger partial charge in [-0.2, -0.15) is 0 Å². The van der Waals surface area contributed by atoms with Crippen molar-refractivity contribution in [3.8, 4) is 0 Å². The summed E-state index contributed by atoms with van der Waals surface area (Å²) < 4.78 is 0. The van der Waals surface area contributed by atoms with Crippen LogP contribution in [0.1, 0.15) is 12.0 Å². The van der Waals surface area contributed by atoms with E-state index in [-0.39, 0.29) is 30.1 Å². The lowest BCUT2D eigenvalue weighted by molar-refractivity contribution is -0.122. The molecule has 1 N–H and O–H groups in total. The highest BCUT2D eigenvalue weighted by molar-refractivity contribution is 5.93. The minimum atomic E-state index is 0.0374. The van der Waals surface area contributed by atoms with E-state index in [1.807, 2.05) is 30.4 Å². The maximum atomic E-state index is 12.4. The summed E-state index contributed by atoms with van der Waals surface area (Å²) in [6, 6.07) is 10.4. The maximum absolute atomic E-state index is 12.4. The molecule has 5 atom stereocenters. The molecule has 0 bridgehead atoms. The Balaban J connectivity index is 1.87. The van der Waals surface area contributed by atoms with Gasteiger partial charge in [0, 0.05) is 18.4 Å². The zero-order valence-electron chi connectivity index (χ0n) is 12.2. The first kappa shape index (κ1) is 14.3. The van der Waals surface area contributed by atoms with Gasteiger partial charge in [0.25, 0.3) is 0 Å². The average molecular weight is 282 g/mol. The fourth-order valence-electron chi connectivity index (χ4n) is 4.26. The number of benzene rings is 1. The fraction of sp³-hybridized carbons (Fsp3) is 0.421. The molecule has 1 fully saturated rings. The molecule has 0 unspecified atom stereocenters. The summed E-state index contributed by atoms with van der Waals surface area (Å²) in [4.78, 5) is 12.4. The van der Waals surface area contributed by atoms with Gasteiger partial charge in [0.1, 0.15) is 0 Å². The number of fused-ring (bicyclic) bond motifs is 1. The number of rotatable bonds is 4. The largest absolute Gasteiger partial charge is 0.396 e. The molecule has 2 heteroatoms. The lowest BCUT2D eigenvalue weighted by Gasteiger charge is -2.32. The van der Waals surface area contributed by atoms with Crippen LogP contribution in [0.2, 0.25) is 0 Å². The molecule has 2 aliphatic rings. The summed E-state index contributed by atoms with van der Waals surface area (Å²) >= 11 is 0. The first-order chi connectivity index (χ1) is 10.2. The molecule has 0 aliphatic heterocycles. The van der Waals surface area contributed by atoms with E-state index in [0.29, 0.717) is 11.8 Å². The Morgan fingerprint density at radius 2 is 2.05 bits per heavy atom. The Bertz CT molecular complexity index is 546. The molecule has 1 aromatic rings. The Morgan fingerprint density at radius 3 is 2.71 bits per heavy atom. The number of ketones is 1. The number of aliphatic hydroxyl groups excluding tert-OH is 1. The molecular formula is C19H22O2. The first-order valence-corrected chi connectivity index (χ1v) is 7.74.